The molecule has 0 N–H and O–H groups in total. The van der Waals surface area contributed by atoms with E-state index in [9.17, 15) is 0 Å². The molecule has 0 aliphatic carbocycles. The zero-order valence-electron chi connectivity index (χ0n) is 11.1. The minimum atomic E-state index is -1.28. The van der Waals surface area contributed by atoms with E-state index in [0.29, 0.717) is 0 Å². The molecule has 0 amide bonds. The van der Waals surface area contributed by atoms with Crippen molar-refractivity contribution in [3.8, 4) is 0 Å². The van der Waals surface area contributed by atoms with Crippen LogP contribution in [-0.4, -0.2) is 12.8 Å². The average Bonchev–Trinajstić information content (AvgIpc) is 2.46. The van der Waals surface area contributed by atoms with Crippen LogP contribution in [0.4, 0.5) is 0 Å². The zero-order chi connectivity index (χ0) is 12.8. The first kappa shape index (κ1) is 13.1. The first-order valence-corrected chi connectivity index (χ1v) is 8.77. The van der Waals surface area contributed by atoms with Gasteiger partial charge in [0.1, 0.15) is 0 Å². The Labute approximate surface area is 111 Å². The van der Waals surface area contributed by atoms with Crippen molar-refractivity contribution in [1.82, 2.24) is 0 Å². The Morgan fingerprint density at radius 1 is 0.833 bits per heavy atom. The molecule has 0 atom stereocenters. The minimum absolute atomic E-state index is 1.14. The summed E-state index contributed by atoms with van der Waals surface area (Å²) in [6, 6.07) is 21.8. The molecule has 0 bridgehead atoms. The van der Waals surface area contributed by atoms with Crippen LogP contribution in [-0.2, 0) is 0 Å². The van der Waals surface area contributed by atoms with Crippen LogP contribution < -0.4 is 10.6 Å². The quantitative estimate of drug-likeness (QED) is 0.575. The van der Waals surface area contributed by atoms with Crippen LogP contribution in [0.2, 0.25) is 0 Å². The molecule has 0 spiro atoms. The Morgan fingerprint density at radius 3 is 1.67 bits per heavy atom. The third-order valence-electron chi connectivity index (χ3n) is 3.36. The number of hydrogen-bond donors (Lipinski definition) is 0. The summed E-state index contributed by atoms with van der Waals surface area (Å²) in [5.41, 5.74) is 0. The lowest BCUT2D eigenvalue weighted by atomic mass is 10.4. The van der Waals surface area contributed by atoms with Gasteiger partial charge in [-0.25, -0.2) is 0 Å². The van der Waals surface area contributed by atoms with Gasteiger partial charge < -0.3 is 0 Å². The van der Waals surface area contributed by atoms with Crippen LogP contribution in [0.5, 0.6) is 0 Å². The summed E-state index contributed by atoms with van der Waals surface area (Å²) in [4.78, 5) is 0. The molecule has 92 valence electrons. The maximum absolute atomic E-state index is 2.43. The Hall–Kier alpha value is -1.39. The van der Waals surface area contributed by atoms with Crippen LogP contribution in [0.15, 0.2) is 72.8 Å². The highest BCUT2D eigenvalue weighted by molar-refractivity contribution is 7.89. The van der Waals surface area contributed by atoms with Gasteiger partial charge in [-0.3, -0.25) is 0 Å². The van der Waals surface area contributed by atoms with Gasteiger partial charge in [-0.15, -0.1) is 0 Å². The summed E-state index contributed by atoms with van der Waals surface area (Å²) in [5.74, 6) is 0. The van der Waals surface area contributed by atoms with E-state index >= 15 is 0 Å². The molecule has 2 aromatic rings. The van der Waals surface area contributed by atoms with Gasteiger partial charge in [0.25, 0.3) is 0 Å². The van der Waals surface area contributed by atoms with Crippen LogP contribution in [0.25, 0.3) is 0 Å². The Kier molecular flexibility index (Phi) is 4.33. The molecule has 0 aliphatic rings. The molecule has 0 aromatic heterocycles. The van der Waals surface area contributed by atoms with Crippen molar-refractivity contribution in [1.29, 1.82) is 0 Å². The maximum atomic E-state index is 2.43. The van der Waals surface area contributed by atoms with Crippen LogP contribution >= 0.6 is 7.26 Å². The fraction of sp³-hybridized carbons (Fsp3) is 0.176. The van der Waals surface area contributed by atoms with Crippen molar-refractivity contribution in [3.63, 3.8) is 0 Å². The molecule has 0 nitrogen and oxygen atoms in total. The standard InChI is InChI=1S/C17H20P/c1-3-4-15-18(2,16-11-7-5-8-12-16)17-13-9-6-10-14-17/h3-14H,15H2,1-2H3/q+1/b4-3+. The van der Waals surface area contributed by atoms with Crippen LogP contribution in [0.1, 0.15) is 6.92 Å². The van der Waals surface area contributed by atoms with E-state index < -0.39 is 7.26 Å². The number of rotatable bonds is 4. The summed E-state index contributed by atoms with van der Waals surface area (Å²) in [5, 5.41) is 2.96. The van der Waals surface area contributed by atoms with Gasteiger partial charge in [0.2, 0.25) is 0 Å². The highest BCUT2D eigenvalue weighted by atomic mass is 31.2. The van der Waals surface area contributed by atoms with Crippen molar-refractivity contribution in [2.24, 2.45) is 0 Å². The molecule has 2 rings (SSSR count). The predicted octanol–water partition coefficient (Wildman–Crippen LogP) is 3.86. The van der Waals surface area contributed by atoms with Gasteiger partial charge in [-0.1, -0.05) is 48.6 Å². The second-order valence-electron chi connectivity index (χ2n) is 4.61. The van der Waals surface area contributed by atoms with Gasteiger partial charge in [0, 0.05) is 0 Å². The molecular weight excluding hydrogens is 235 g/mol. The van der Waals surface area contributed by atoms with Crippen molar-refractivity contribution >= 4 is 17.9 Å². The van der Waals surface area contributed by atoms with Crippen molar-refractivity contribution in [2.45, 2.75) is 6.92 Å². The molecule has 0 fully saturated rings. The zero-order valence-corrected chi connectivity index (χ0v) is 12.0. The lowest BCUT2D eigenvalue weighted by molar-refractivity contribution is 1.61. The van der Waals surface area contributed by atoms with E-state index in [4.69, 9.17) is 0 Å². The Balaban J connectivity index is 2.47. The first-order chi connectivity index (χ1) is 8.77. The Morgan fingerprint density at radius 2 is 1.28 bits per heavy atom. The molecule has 0 heterocycles. The topological polar surface area (TPSA) is 0 Å². The Bertz CT molecular complexity index is 460. The molecule has 1 heteroatoms. The van der Waals surface area contributed by atoms with Gasteiger partial charge in [-0.2, -0.15) is 0 Å². The normalized spacial score (nSPS) is 11.9. The lowest BCUT2D eigenvalue weighted by Crippen LogP contribution is -2.23. The van der Waals surface area contributed by atoms with E-state index in [1.54, 1.807) is 0 Å². The van der Waals surface area contributed by atoms with Gasteiger partial charge in [-0.05, 0) is 31.2 Å². The molecule has 0 radical (unpaired) electrons. The average molecular weight is 255 g/mol. The third kappa shape index (κ3) is 2.71. The largest absolute Gasteiger partial charge is 0.0992 e. The number of hydrogen-bond acceptors (Lipinski definition) is 0. The summed E-state index contributed by atoms with van der Waals surface area (Å²) in [6.07, 6.45) is 5.59. The molecular formula is C17H20P+. The molecule has 2 aromatic carbocycles. The lowest BCUT2D eigenvalue weighted by Gasteiger charge is -2.21. The van der Waals surface area contributed by atoms with E-state index in [2.05, 4.69) is 86.4 Å². The SMILES string of the molecule is C/C=C/C[P+](C)(c1ccccc1)c1ccccc1. The monoisotopic (exact) mass is 255 g/mol. The fourth-order valence-corrected chi connectivity index (χ4v) is 5.20. The minimum Gasteiger partial charge on any atom is -0.0881 e. The van der Waals surface area contributed by atoms with E-state index in [0.717, 1.165) is 6.16 Å². The summed E-state index contributed by atoms with van der Waals surface area (Å²) < 4.78 is 0. The second kappa shape index (κ2) is 5.98. The first-order valence-electron chi connectivity index (χ1n) is 6.35. The van der Waals surface area contributed by atoms with Gasteiger partial charge >= 0.3 is 0 Å². The van der Waals surface area contributed by atoms with E-state index in [1.165, 1.54) is 10.6 Å². The highest BCUT2D eigenvalue weighted by Gasteiger charge is 2.35. The third-order valence-corrected chi connectivity index (χ3v) is 7.18. The van der Waals surface area contributed by atoms with E-state index in [1.807, 2.05) is 0 Å². The summed E-state index contributed by atoms with van der Waals surface area (Å²) >= 11 is 0. The number of allylic oxidation sites excluding steroid dienone is 2. The summed E-state index contributed by atoms with van der Waals surface area (Å²) in [6.45, 7) is 4.53. The van der Waals surface area contributed by atoms with Gasteiger partial charge in [0.05, 0.1) is 30.7 Å². The van der Waals surface area contributed by atoms with Crippen molar-refractivity contribution in [3.05, 3.63) is 72.8 Å². The smallest absolute Gasteiger partial charge is 0.0881 e. The van der Waals surface area contributed by atoms with E-state index in [-0.39, 0.29) is 0 Å². The predicted molar refractivity (Wildman–Crippen MR) is 84.7 cm³/mol. The molecule has 0 unspecified atom stereocenters. The molecule has 0 saturated heterocycles. The fourth-order valence-electron chi connectivity index (χ4n) is 2.19. The van der Waals surface area contributed by atoms with Gasteiger partial charge in [0.15, 0.2) is 0 Å². The van der Waals surface area contributed by atoms with Crippen molar-refractivity contribution < 1.29 is 0 Å². The second-order valence-corrected chi connectivity index (χ2v) is 8.40. The van der Waals surface area contributed by atoms with Crippen LogP contribution in [0.3, 0.4) is 0 Å². The van der Waals surface area contributed by atoms with Crippen molar-refractivity contribution in [2.75, 3.05) is 12.8 Å². The summed E-state index contributed by atoms with van der Waals surface area (Å²) in [7, 11) is -1.28. The molecule has 0 aliphatic heterocycles. The highest BCUT2D eigenvalue weighted by Crippen LogP contribution is 2.52. The molecule has 0 saturated carbocycles. The van der Waals surface area contributed by atoms with Crippen LogP contribution in [0, 0.1) is 0 Å². The molecule has 18 heavy (non-hydrogen) atoms. The maximum Gasteiger partial charge on any atom is 0.0992 e. The number of benzene rings is 2.